The highest BCUT2D eigenvalue weighted by Gasteiger charge is 2.24. The van der Waals surface area contributed by atoms with Gasteiger partial charge in [0.15, 0.2) is 5.82 Å². The van der Waals surface area contributed by atoms with Crippen LogP contribution in [0.1, 0.15) is 65.3 Å². The average Bonchev–Trinajstić information content (AvgIpc) is 3.52. The molecule has 0 saturated heterocycles. The third-order valence-corrected chi connectivity index (χ3v) is 6.01. The summed E-state index contributed by atoms with van der Waals surface area (Å²) >= 11 is 6.25. The topological polar surface area (TPSA) is 56.2 Å². The number of aryl methyl sites for hydroxylation is 2. The van der Waals surface area contributed by atoms with E-state index in [0.717, 1.165) is 22.6 Å². The number of hydrogen-bond donors (Lipinski definition) is 1. The minimum Gasteiger partial charge on any atom is -0.493 e. The molecule has 0 unspecified atom stereocenters. The summed E-state index contributed by atoms with van der Waals surface area (Å²) in [6.07, 6.45) is 2.51. The molecule has 1 heterocycles. The fourth-order valence-electron chi connectivity index (χ4n) is 3.78. The quantitative estimate of drug-likeness (QED) is 0.433. The van der Waals surface area contributed by atoms with Crippen LogP contribution in [-0.2, 0) is 6.54 Å². The molecular weight excluding hydrogens is 422 g/mol. The Labute approximate surface area is 194 Å². The summed E-state index contributed by atoms with van der Waals surface area (Å²) in [5, 5.41) is 7.97. The Kier molecular flexibility index (Phi) is 6.56. The number of rotatable bonds is 8. The largest absolute Gasteiger partial charge is 0.493 e. The summed E-state index contributed by atoms with van der Waals surface area (Å²) in [4.78, 5) is 12.8. The summed E-state index contributed by atoms with van der Waals surface area (Å²) in [7, 11) is 0. The molecule has 4 rings (SSSR count). The van der Waals surface area contributed by atoms with E-state index in [4.69, 9.17) is 16.3 Å². The van der Waals surface area contributed by atoms with Crippen molar-refractivity contribution in [2.45, 2.75) is 53.0 Å². The smallest absolute Gasteiger partial charge is 0.258 e. The van der Waals surface area contributed by atoms with E-state index in [1.54, 1.807) is 6.07 Å². The van der Waals surface area contributed by atoms with Crippen molar-refractivity contribution >= 4 is 23.3 Å². The molecule has 1 saturated carbocycles. The molecule has 0 atom stereocenters. The van der Waals surface area contributed by atoms with E-state index in [1.807, 2.05) is 36.7 Å². The van der Waals surface area contributed by atoms with Crippen LogP contribution in [0.15, 0.2) is 42.5 Å². The van der Waals surface area contributed by atoms with Gasteiger partial charge in [-0.15, -0.1) is 0 Å². The highest BCUT2D eigenvalue weighted by molar-refractivity contribution is 6.34. The maximum absolute atomic E-state index is 12.8. The van der Waals surface area contributed by atoms with E-state index in [9.17, 15) is 4.79 Å². The van der Waals surface area contributed by atoms with Gasteiger partial charge >= 0.3 is 0 Å². The monoisotopic (exact) mass is 451 g/mol. The van der Waals surface area contributed by atoms with Gasteiger partial charge in [0.1, 0.15) is 5.75 Å². The van der Waals surface area contributed by atoms with Gasteiger partial charge in [-0.1, -0.05) is 43.6 Å². The third-order valence-electron chi connectivity index (χ3n) is 5.70. The van der Waals surface area contributed by atoms with Crippen LogP contribution in [-0.4, -0.2) is 22.3 Å². The Morgan fingerprint density at radius 2 is 2.00 bits per heavy atom. The molecule has 1 N–H and O–H groups in total. The van der Waals surface area contributed by atoms with Gasteiger partial charge in [-0.3, -0.25) is 9.48 Å². The van der Waals surface area contributed by atoms with Crippen LogP contribution in [0.25, 0.3) is 0 Å². The van der Waals surface area contributed by atoms with Gasteiger partial charge in [0, 0.05) is 17.3 Å². The molecule has 1 amide bonds. The van der Waals surface area contributed by atoms with E-state index in [1.165, 1.54) is 18.4 Å². The standard InChI is InChI=1S/C26H30ClN3O2/c1-16(2)15-32-23-11-10-20(19-8-9-19)13-21(23)14-30-18(4)12-24(29-30)28-26(31)25-17(3)6-5-7-22(25)27/h5-7,10-13,16,19H,8-9,14-15H2,1-4H3,(H,28,29,31). The third kappa shape index (κ3) is 5.16. The molecule has 1 aliphatic carbocycles. The normalized spacial score (nSPS) is 13.4. The lowest BCUT2D eigenvalue weighted by Gasteiger charge is -2.15. The summed E-state index contributed by atoms with van der Waals surface area (Å²) in [6, 6.07) is 13.8. The van der Waals surface area contributed by atoms with E-state index < -0.39 is 0 Å². The van der Waals surface area contributed by atoms with Crippen molar-refractivity contribution in [2.24, 2.45) is 5.92 Å². The summed E-state index contributed by atoms with van der Waals surface area (Å²) < 4.78 is 8.00. The van der Waals surface area contributed by atoms with Gasteiger partial charge in [-0.25, -0.2) is 0 Å². The van der Waals surface area contributed by atoms with Crippen molar-refractivity contribution in [3.8, 4) is 5.75 Å². The van der Waals surface area contributed by atoms with Crippen molar-refractivity contribution in [2.75, 3.05) is 11.9 Å². The maximum Gasteiger partial charge on any atom is 0.258 e. The molecule has 1 aromatic heterocycles. The molecule has 0 bridgehead atoms. The number of amides is 1. The van der Waals surface area contributed by atoms with E-state index in [-0.39, 0.29) is 5.91 Å². The highest BCUT2D eigenvalue weighted by atomic mass is 35.5. The molecule has 32 heavy (non-hydrogen) atoms. The fraction of sp³-hybridized carbons (Fsp3) is 0.385. The predicted molar refractivity (Wildman–Crippen MR) is 129 cm³/mol. The summed E-state index contributed by atoms with van der Waals surface area (Å²) in [5.41, 5.74) is 4.74. The van der Waals surface area contributed by atoms with Crippen molar-refractivity contribution in [3.05, 3.63) is 75.4 Å². The minimum absolute atomic E-state index is 0.255. The van der Waals surface area contributed by atoms with Gasteiger partial charge in [0.05, 0.1) is 23.7 Å². The van der Waals surface area contributed by atoms with Crippen LogP contribution in [0.5, 0.6) is 5.75 Å². The molecule has 0 radical (unpaired) electrons. The van der Waals surface area contributed by atoms with Crippen molar-refractivity contribution < 1.29 is 9.53 Å². The Hall–Kier alpha value is -2.79. The van der Waals surface area contributed by atoms with E-state index >= 15 is 0 Å². The van der Waals surface area contributed by atoms with Crippen molar-refractivity contribution in [3.63, 3.8) is 0 Å². The second-order valence-corrected chi connectivity index (χ2v) is 9.47. The number of benzene rings is 2. The number of carbonyl (C=O) groups is 1. The number of nitrogens with zero attached hydrogens (tertiary/aromatic N) is 2. The van der Waals surface area contributed by atoms with Crippen LogP contribution in [0, 0.1) is 19.8 Å². The number of nitrogens with one attached hydrogen (secondary N) is 1. The van der Waals surface area contributed by atoms with E-state index in [2.05, 4.69) is 42.5 Å². The van der Waals surface area contributed by atoms with Crippen molar-refractivity contribution in [1.29, 1.82) is 0 Å². The van der Waals surface area contributed by atoms with E-state index in [0.29, 0.717) is 41.4 Å². The SMILES string of the molecule is Cc1cccc(Cl)c1C(=O)Nc1cc(C)n(Cc2cc(C3CC3)ccc2OCC(C)C)n1. The lowest BCUT2D eigenvalue weighted by Crippen LogP contribution is -2.15. The maximum atomic E-state index is 12.8. The molecule has 0 spiro atoms. The van der Waals surface area contributed by atoms with Gasteiger partial charge in [-0.05, 0) is 67.9 Å². The first-order valence-electron chi connectivity index (χ1n) is 11.2. The molecule has 168 valence electrons. The second-order valence-electron chi connectivity index (χ2n) is 9.06. The number of halogens is 1. The van der Waals surface area contributed by atoms with Crippen LogP contribution >= 0.6 is 11.6 Å². The molecule has 3 aromatic rings. The highest BCUT2D eigenvalue weighted by Crippen LogP contribution is 2.41. The zero-order valence-corrected chi connectivity index (χ0v) is 19.9. The number of hydrogen-bond acceptors (Lipinski definition) is 3. The summed E-state index contributed by atoms with van der Waals surface area (Å²) in [5.74, 6) is 2.27. The zero-order chi connectivity index (χ0) is 22.8. The molecule has 1 fully saturated rings. The average molecular weight is 452 g/mol. The fourth-order valence-corrected chi connectivity index (χ4v) is 4.09. The predicted octanol–water partition coefficient (Wildman–Crippen LogP) is 6.37. The molecule has 5 nitrogen and oxygen atoms in total. The Morgan fingerprint density at radius 3 is 2.69 bits per heavy atom. The molecule has 2 aromatic carbocycles. The lowest BCUT2D eigenvalue weighted by atomic mass is 10.1. The number of aromatic nitrogens is 2. The van der Waals surface area contributed by atoms with Gasteiger partial charge in [0.2, 0.25) is 0 Å². The Balaban J connectivity index is 1.55. The van der Waals surface area contributed by atoms with Crippen LogP contribution in [0.3, 0.4) is 0 Å². The van der Waals surface area contributed by atoms with Gasteiger partial charge < -0.3 is 10.1 Å². The Morgan fingerprint density at radius 1 is 1.22 bits per heavy atom. The Bertz CT molecular complexity index is 1110. The van der Waals surface area contributed by atoms with Gasteiger partial charge in [-0.2, -0.15) is 5.10 Å². The number of carbonyl (C=O) groups excluding carboxylic acids is 1. The second kappa shape index (κ2) is 9.37. The first-order valence-corrected chi connectivity index (χ1v) is 11.6. The van der Waals surface area contributed by atoms with Crippen LogP contribution in [0.4, 0.5) is 5.82 Å². The first-order chi connectivity index (χ1) is 15.3. The van der Waals surface area contributed by atoms with Crippen LogP contribution < -0.4 is 10.1 Å². The lowest BCUT2D eigenvalue weighted by molar-refractivity contribution is 0.102. The molecule has 0 aliphatic heterocycles. The minimum atomic E-state index is -0.255. The van der Waals surface area contributed by atoms with Crippen molar-refractivity contribution in [1.82, 2.24) is 9.78 Å². The number of anilines is 1. The van der Waals surface area contributed by atoms with Crippen LogP contribution in [0.2, 0.25) is 5.02 Å². The summed E-state index contributed by atoms with van der Waals surface area (Å²) in [6.45, 7) is 9.41. The molecule has 1 aliphatic rings. The zero-order valence-electron chi connectivity index (χ0n) is 19.1. The molecule has 6 heteroatoms. The number of ether oxygens (including phenoxy) is 1. The molecular formula is C26H30ClN3O2. The first kappa shape index (κ1) is 22.4. The van der Waals surface area contributed by atoms with Gasteiger partial charge in [0.25, 0.3) is 5.91 Å².